The highest BCUT2D eigenvalue weighted by Gasteiger charge is 1.90. The number of thioether (sulfide) groups is 1. The van der Waals surface area contributed by atoms with Gasteiger partial charge in [0.1, 0.15) is 0 Å². The Balaban J connectivity index is 0. The summed E-state index contributed by atoms with van der Waals surface area (Å²) in [6.45, 7) is 4.88. The predicted octanol–water partition coefficient (Wildman–Crippen LogP) is 2.39. The largest absolute Gasteiger partial charge is 0.450 e. The van der Waals surface area contributed by atoms with Crippen molar-refractivity contribution in [2.24, 2.45) is 5.73 Å². The first-order valence-electron chi connectivity index (χ1n) is 5.79. The molecule has 16 heavy (non-hydrogen) atoms. The van der Waals surface area contributed by atoms with Gasteiger partial charge in [0.2, 0.25) is 0 Å². The maximum absolute atomic E-state index is 9.90. The van der Waals surface area contributed by atoms with Gasteiger partial charge in [-0.15, -0.1) is 0 Å². The number of carbonyl (C=O) groups is 1. The van der Waals surface area contributed by atoms with Crippen LogP contribution in [0, 0.1) is 0 Å². The lowest BCUT2D eigenvalue weighted by Gasteiger charge is -1.97. The van der Waals surface area contributed by atoms with Crippen molar-refractivity contribution in [2.45, 2.75) is 39.5 Å². The second-order valence-corrected chi connectivity index (χ2v) is 4.44. The Bertz CT molecular complexity index is 141. The average molecular weight is 251 g/mol. The van der Waals surface area contributed by atoms with Crippen LogP contribution in [0.1, 0.15) is 39.5 Å². The van der Waals surface area contributed by atoms with Crippen LogP contribution in [-0.2, 0) is 4.74 Å². The zero-order chi connectivity index (χ0) is 12.6. The number of hydrogen-bond donors (Lipinski definition) is 2. The van der Waals surface area contributed by atoms with Crippen molar-refractivity contribution in [3.05, 3.63) is 0 Å². The molecule has 0 aromatic rings. The van der Waals surface area contributed by atoms with E-state index >= 15 is 0 Å². The molecule has 0 rings (SSSR count). The lowest BCUT2D eigenvalue weighted by Crippen LogP contribution is -2.13. The van der Waals surface area contributed by atoms with E-state index in [4.69, 9.17) is 5.11 Å². The number of primary amides is 1. The van der Waals surface area contributed by atoms with Crippen molar-refractivity contribution < 1.29 is 14.6 Å². The first-order chi connectivity index (χ1) is 7.68. The van der Waals surface area contributed by atoms with Gasteiger partial charge < -0.3 is 15.6 Å². The number of carbonyl (C=O) groups excluding carboxylic acids is 1. The zero-order valence-electron chi connectivity index (χ0n) is 10.4. The molecule has 0 atom stereocenters. The molecule has 0 aliphatic heterocycles. The average Bonchev–Trinajstić information content (AvgIpc) is 2.26. The summed E-state index contributed by atoms with van der Waals surface area (Å²) in [6, 6.07) is 0. The van der Waals surface area contributed by atoms with Crippen LogP contribution in [0.2, 0.25) is 0 Å². The topological polar surface area (TPSA) is 72.6 Å². The van der Waals surface area contributed by atoms with Gasteiger partial charge in [-0.1, -0.05) is 13.8 Å². The SMILES string of the molecule is CCCSCCC.NC(=O)OCCCCO. The number of ether oxygens (including phenoxy) is 1. The Hall–Kier alpha value is -0.420. The van der Waals surface area contributed by atoms with E-state index in [1.807, 2.05) is 0 Å². The molecule has 0 fully saturated rings. The fourth-order valence-electron chi connectivity index (χ4n) is 0.777. The molecule has 3 N–H and O–H groups in total. The molecule has 5 heteroatoms. The molecule has 0 heterocycles. The first kappa shape index (κ1) is 18.0. The number of aliphatic hydroxyl groups is 1. The third-order valence-electron chi connectivity index (χ3n) is 1.49. The van der Waals surface area contributed by atoms with Gasteiger partial charge in [-0.25, -0.2) is 4.79 Å². The molecule has 0 aromatic heterocycles. The summed E-state index contributed by atoms with van der Waals surface area (Å²) in [5.74, 6) is 2.68. The molecule has 0 bridgehead atoms. The second-order valence-electron chi connectivity index (χ2n) is 3.21. The van der Waals surface area contributed by atoms with Gasteiger partial charge in [0, 0.05) is 6.61 Å². The van der Waals surface area contributed by atoms with Crippen LogP contribution in [0.15, 0.2) is 0 Å². The zero-order valence-corrected chi connectivity index (χ0v) is 11.2. The van der Waals surface area contributed by atoms with Crippen LogP contribution in [0.25, 0.3) is 0 Å². The summed E-state index contributed by atoms with van der Waals surface area (Å²) in [4.78, 5) is 9.90. The molecule has 4 nitrogen and oxygen atoms in total. The number of nitrogens with two attached hydrogens (primary N) is 1. The molecule has 0 aliphatic carbocycles. The third kappa shape index (κ3) is 23.4. The molecule has 1 amide bonds. The Labute approximate surface area is 103 Å². The number of aliphatic hydroxyl groups excluding tert-OH is 1. The maximum Gasteiger partial charge on any atom is 0.404 e. The second kappa shape index (κ2) is 17.0. The van der Waals surface area contributed by atoms with Crippen molar-refractivity contribution in [2.75, 3.05) is 24.7 Å². The highest BCUT2D eigenvalue weighted by Crippen LogP contribution is 2.02. The van der Waals surface area contributed by atoms with E-state index in [0.717, 1.165) is 0 Å². The number of rotatable bonds is 8. The third-order valence-corrected chi connectivity index (χ3v) is 2.89. The Kier molecular flexibility index (Phi) is 19.1. The molecule has 0 aliphatic rings. The summed E-state index contributed by atoms with van der Waals surface area (Å²) in [6.07, 6.45) is 3.20. The van der Waals surface area contributed by atoms with Gasteiger partial charge in [-0.2, -0.15) is 11.8 Å². The highest BCUT2D eigenvalue weighted by molar-refractivity contribution is 7.99. The van der Waals surface area contributed by atoms with Crippen LogP contribution < -0.4 is 5.73 Å². The summed E-state index contributed by atoms with van der Waals surface area (Å²) < 4.78 is 4.37. The molecule has 0 unspecified atom stereocenters. The number of unbranched alkanes of at least 4 members (excludes halogenated alkanes) is 1. The van der Waals surface area contributed by atoms with Crippen LogP contribution in [-0.4, -0.2) is 35.9 Å². The summed E-state index contributed by atoms with van der Waals surface area (Å²) in [5.41, 5.74) is 4.65. The van der Waals surface area contributed by atoms with Gasteiger partial charge in [0.05, 0.1) is 6.61 Å². The fraction of sp³-hybridized carbons (Fsp3) is 0.909. The van der Waals surface area contributed by atoms with Crippen LogP contribution in [0.5, 0.6) is 0 Å². The van der Waals surface area contributed by atoms with E-state index in [0.29, 0.717) is 19.4 Å². The van der Waals surface area contributed by atoms with E-state index in [1.54, 1.807) is 0 Å². The van der Waals surface area contributed by atoms with Gasteiger partial charge in [0.15, 0.2) is 0 Å². The quantitative estimate of drug-likeness (QED) is 0.650. The van der Waals surface area contributed by atoms with E-state index in [-0.39, 0.29) is 6.61 Å². The van der Waals surface area contributed by atoms with Gasteiger partial charge >= 0.3 is 6.09 Å². The van der Waals surface area contributed by atoms with Gasteiger partial charge in [-0.3, -0.25) is 0 Å². The molecule has 0 spiro atoms. The van der Waals surface area contributed by atoms with E-state index < -0.39 is 6.09 Å². The highest BCUT2D eigenvalue weighted by atomic mass is 32.2. The fourth-order valence-corrected chi connectivity index (χ4v) is 1.56. The maximum atomic E-state index is 9.90. The van der Waals surface area contributed by atoms with Crippen molar-refractivity contribution in [3.8, 4) is 0 Å². The van der Waals surface area contributed by atoms with Crippen molar-refractivity contribution in [1.82, 2.24) is 0 Å². The molecular formula is C11H25NO3S. The monoisotopic (exact) mass is 251 g/mol. The summed E-state index contributed by atoms with van der Waals surface area (Å²) in [5, 5.41) is 8.26. The first-order valence-corrected chi connectivity index (χ1v) is 6.95. The minimum atomic E-state index is -0.757. The van der Waals surface area contributed by atoms with Crippen LogP contribution in [0.4, 0.5) is 4.79 Å². The molecule has 0 saturated heterocycles. The van der Waals surface area contributed by atoms with E-state index in [9.17, 15) is 4.79 Å². The lowest BCUT2D eigenvalue weighted by molar-refractivity contribution is 0.151. The van der Waals surface area contributed by atoms with Crippen LogP contribution >= 0.6 is 11.8 Å². The Morgan fingerprint density at radius 3 is 2.19 bits per heavy atom. The summed E-state index contributed by atoms with van der Waals surface area (Å²) in [7, 11) is 0. The molecular weight excluding hydrogens is 226 g/mol. The number of hydrogen-bond acceptors (Lipinski definition) is 4. The number of amides is 1. The Morgan fingerprint density at radius 2 is 1.81 bits per heavy atom. The molecule has 98 valence electrons. The molecule has 0 radical (unpaired) electrons. The minimum Gasteiger partial charge on any atom is -0.450 e. The predicted molar refractivity (Wildman–Crippen MR) is 69.8 cm³/mol. The van der Waals surface area contributed by atoms with Crippen molar-refractivity contribution in [1.29, 1.82) is 0 Å². The molecule has 0 saturated carbocycles. The smallest absolute Gasteiger partial charge is 0.404 e. The van der Waals surface area contributed by atoms with E-state index in [2.05, 4.69) is 36.1 Å². The van der Waals surface area contributed by atoms with E-state index in [1.165, 1.54) is 24.3 Å². The molecule has 0 aromatic carbocycles. The van der Waals surface area contributed by atoms with Gasteiger partial charge in [-0.05, 0) is 37.2 Å². The van der Waals surface area contributed by atoms with Crippen molar-refractivity contribution >= 4 is 17.9 Å². The Morgan fingerprint density at radius 1 is 1.25 bits per heavy atom. The standard InChI is InChI=1S/C6H14S.C5H11NO3/c1-3-5-7-6-4-2;6-5(8)9-4-2-1-3-7/h3-6H2,1-2H3;7H,1-4H2,(H2,6,8). The lowest BCUT2D eigenvalue weighted by atomic mass is 10.3. The van der Waals surface area contributed by atoms with Crippen molar-refractivity contribution in [3.63, 3.8) is 0 Å². The van der Waals surface area contributed by atoms with Gasteiger partial charge in [0.25, 0.3) is 0 Å². The van der Waals surface area contributed by atoms with Crippen LogP contribution in [0.3, 0.4) is 0 Å². The normalized spacial score (nSPS) is 9.19. The minimum absolute atomic E-state index is 0.127. The summed E-state index contributed by atoms with van der Waals surface area (Å²) >= 11 is 2.05.